The number of benzene rings is 11. The molecule has 0 saturated heterocycles. The summed E-state index contributed by atoms with van der Waals surface area (Å²) < 4.78 is 6.81. The normalized spacial score (nSPS) is 11.8. The van der Waals surface area contributed by atoms with E-state index in [1.165, 1.54) is 11.3 Å². The van der Waals surface area contributed by atoms with Crippen molar-refractivity contribution >= 4 is 79.6 Å². The molecule has 0 N–H and O–H groups in total. The van der Waals surface area contributed by atoms with Crippen LogP contribution in [0.4, 0.5) is 79.6 Å². The second-order valence-electron chi connectivity index (χ2n) is 18.5. The first-order valence-corrected chi connectivity index (χ1v) is 25.7. The molecule has 12 rings (SSSR count). The minimum atomic E-state index is 0.727. The van der Waals surface area contributed by atoms with E-state index < -0.39 is 0 Å². The fourth-order valence-corrected chi connectivity index (χ4v) is 10.4. The number of hydrogen-bond acceptors (Lipinski definition) is 6. The molecule has 11 aromatic carbocycles. The summed E-state index contributed by atoms with van der Waals surface area (Å²) in [5.74, 6) is 1.49. The van der Waals surface area contributed by atoms with Gasteiger partial charge in [0.25, 0.3) is 0 Å². The lowest BCUT2D eigenvalue weighted by Gasteiger charge is -2.37. The van der Waals surface area contributed by atoms with E-state index in [9.17, 15) is 0 Å². The number of fused-ring (bicyclic) bond motifs is 1. The van der Waals surface area contributed by atoms with Crippen LogP contribution >= 0.6 is 0 Å². The van der Waals surface area contributed by atoms with Gasteiger partial charge in [-0.1, -0.05) is 152 Å². The van der Waals surface area contributed by atoms with Gasteiger partial charge in [0.2, 0.25) is 0 Å². The second-order valence-corrected chi connectivity index (χ2v) is 18.5. The molecule has 0 radical (unpaired) electrons. The molecular weight excluding hydrogens is 915 g/mol. The quantitative estimate of drug-likeness (QED) is 0.102. The zero-order valence-corrected chi connectivity index (χ0v) is 41.6. The number of nitrogens with zero attached hydrogens (tertiary/aromatic N) is 5. The van der Waals surface area contributed by atoms with E-state index in [4.69, 9.17) is 4.74 Å². The molecule has 0 atom stereocenters. The molecule has 11 aromatic rings. The van der Waals surface area contributed by atoms with Crippen molar-refractivity contribution in [2.45, 2.75) is 12.8 Å². The maximum Gasteiger partial charge on any atom is 0.131 e. The van der Waals surface area contributed by atoms with Crippen LogP contribution < -0.4 is 29.2 Å². The van der Waals surface area contributed by atoms with E-state index in [1.807, 2.05) is 30.3 Å². The van der Waals surface area contributed by atoms with Crippen LogP contribution in [-0.4, -0.2) is 6.54 Å². The van der Waals surface area contributed by atoms with Crippen molar-refractivity contribution in [2.24, 2.45) is 0 Å². The standard InChI is InChI=1S/C69H55N5O/c1-9-27-53(28-10-1)71(54-29-11-2-12-30-54)61-47-60(48-62(49-61)72(55-31-13-3-14-32-55)56-33-15-4-16-34-56)70-46-26-43-67-68(70)44-25-45-69(67)74(59-39-21-7-22-40-59)64-50-63(51-66(52-64)75-65-41-23-8-24-42-65)73(57-35-17-5-18-36-57)58-37-19-6-20-38-58/h1-25,27-42,44-45,47-52H,26,43,46H2. The first-order chi connectivity index (χ1) is 37.2. The Morgan fingerprint density at radius 3 is 1.00 bits per heavy atom. The van der Waals surface area contributed by atoms with Crippen LogP contribution in [0.25, 0.3) is 0 Å². The summed E-state index contributed by atoms with van der Waals surface area (Å²) in [6.07, 6.45) is 1.85. The Kier molecular flexibility index (Phi) is 13.3. The van der Waals surface area contributed by atoms with Crippen molar-refractivity contribution in [2.75, 3.05) is 31.0 Å². The fourth-order valence-electron chi connectivity index (χ4n) is 10.4. The maximum atomic E-state index is 6.81. The van der Waals surface area contributed by atoms with Gasteiger partial charge >= 0.3 is 0 Å². The van der Waals surface area contributed by atoms with Gasteiger partial charge in [-0.05, 0) is 152 Å². The molecule has 0 fully saturated rings. The smallest absolute Gasteiger partial charge is 0.131 e. The largest absolute Gasteiger partial charge is 0.457 e. The van der Waals surface area contributed by atoms with Crippen molar-refractivity contribution in [3.8, 4) is 11.5 Å². The second kappa shape index (κ2) is 21.5. The van der Waals surface area contributed by atoms with Crippen LogP contribution in [0.15, 0.2) is 297 Å². The molecule has 0 aliphatic carbocycles. The van der Waals surface area contributed by atoms with E-state index in [0.29, 0.717) is 0 Å². The molecule has 6 nitrogen and oxygen atoms in total. The Balaban J connectivity index is 1.05. The minimum Gasteiger partial charge on any atom is -0.457 e. The Labute approximate surface area is 440 Å². The van der Waals surface area contributed by atoms with E-state index >= 15 is 0 Å². The summed E-state index contributed by atoms with van der Waals surface area (Å²) >= 11 is 0. The highest BCUT2D eigenvalue weighted by atomic mass is 16.5. The third-order valence-corrected chi connectivity index (χ3v) is 13.7. The van der Waals surface area contributed by atoms with Gasteiger partial charge in [0.1, 0.15) is 11.5 Å². The summed E-state index contributed by atoms with van der Waals surface area (Å²) in [7, 11) is 0. The molecule has 0 unspecified atom stereocenters. The number of anilines is 14. The van der Waals surface area contributed by atoms with Crippen molar-refractivity contribution in [1.29, 1.82) is 0 Å². The van der Waals surface area contributed by atoms with E-state index in [0.717, 1.165) is 105 Å². The van der Waals surface area contributed by atoms with E-state index in [-0.39, 0.29) is 0 Å². The van der Waals surface area contributed by atoms with Gasteiger partial charge in [-0.15, -0.1) is 0 Å². The summed E-state index contributed by atoms with van der Waals surface area (Å²) in [6.45, 7) is 0.839. The molecule has 0 saturated carbocycles. The highest BCUT2D eigenvalue weighted by Gasteiger charge is 2.28. The average Bonchev–Trinajstić information content (AvgIpc) is 3.48. The van der Waals surface area contributed by atoms with Gasteiger partial charge in [0.15, 0.2) is 0 Å². The third-order valence-electron chi connectivity index (χ3n) is 13.7. The SMILES string of the molecule is c1ccc(Oc2cc(N(c3ccccc3)c3ccccc3)cc(N(c3ccccc3)c3cccc4c3CCCN4c3cc(N(c4ccccc4)c4ccccc4)cc(N(c4ccccc4)c4ccccc4)c3)c2)cc1. The predicted octanol–water partition coefficient (Wildman–Crippen LogP) is 19.4. The van der Waals surface area contributed by atoms with Gasteiger partial charge in [0.05, 0.1) is 28.4 Å². The van der Waals surface area contributed by atoms with Crippen LogP contribution in [-0.2, 0) is 6.42 Å². The van der Waals surface area contributed by atoms with Crippen LogP contribution in [0, 0.1) is 0 Å². The lowest BCUT2D eigenvalue weighted by molar-refractivity contribution is 0.483. The molecule has 362 valence electrons. The van der Waals surface area contributed by atoms with Crippen molar-refractivity contribution in [3.05, 3.63) is 303 Å². The minimum absolute atomic E-state index is 0.727. The molecule has 0 bridgehead atoms. The Hall–Kier alpha value is -9.78. The van der Waals surface area contributed by atoms with Crippen molar-refractivity contribution < 1.29 is 4.74 Å². The van der Waals surface area contributed by atoms with Crippen LogP contribution in [0.1, 0.15) is 12.0 Å². The molecule has 6 heteroatoms. The lowest BCUT2D eigenvalue weighted by Crippen LogP contribution is -2.26. The number of ether oxygens (including phenoxy) is 1. The van der Waals surface area contributed by atoms with Gasteiger partial charge in [-0.2, -0.15) is 0 Å². The number of rotatable bonds is 15. The molecule has 1 heterocycles. The van der Waals surface area contributed by atoms with Crippen molar-refractivity contribution in [3.63, 3.8) is 0 Å². The first kappa shape index (κ1) is 46.3. The molecule has 0 aromatic heterocycles. The first-order valence-electron chi connectivity index (χ1n) is 25.7. The Morgan fingerprint density at radius 1 is 0.280 bits per heavy atom. The fraction of sp³-hybridized carbons (Fsp3) is 0.0435. The molecule has 0 spiro atoms. The molecule has 1 aliphatic heterocycles. The molecular formula is C69H55N5O. The Bertz CT molecular complexity index is 3390. The zero-order valence-electron chi connectivity index (χ0n) is 41.6. The van der Waals surface area contributed by atoms with E-state index in [2.05, 4.69) is 291 Å². The topological polar surface area (TPSA) is 25.4 Å². The van der Waals surface area contributed by atoms with Gasteiger partial charge in [-0.3, -0.25) is 0 Å². The summed E-state index contributed by atoms with van der Waals surface area (Å²) in [5.41, 5.74) is 16.1. The summed E-state index contributed by atoms with van der Waals surface area (Å²) in [6, 6.07) is 105. The third kappa shape index (κ3) is 9.93. The Morgan fingerprint density at radius 2 is 0.613 bits per heavy atom. The summed E-state index contributed by atoms with van der Waals surface area (Å²) in [5, 5.41) is 0. The monoisotopic (exact) mass is 969 g/mol. The highest BCUT2D eigenvalue weighted by Crippen LogP contribution is 2.49. The average molecular weight is 970 g/mol. The molecule has 1 aliphatic rings. The molecule has 0 amide bonds. The van der Waals surface area contributed by atoms with Crippen LogP contribution in [0.2, 0.25) is 0 Å². The van der Waals surface area contributed by atoms with E-state index in [1.54, 1.807) is 0 Å². The van der Waals surface area contributed by atoms with Gasteiger partial charge < -0.3 is 29.2 Å². The van der Waals surface area contributed by atoms with Gasteiger partial charge in [0, 0.05) is 69.9 Å². The predicted molar refractivity (Wildman–Crippen MR) is 313 cm³/mol. The lowest BCUT2D eigenvalue weighted by atomic mass is 9.97. The maximum absolute atomic E-state index is 6.81. The molecule has 75 heavy (non-hydrogen) atoms. The van der Waals surface area contributed by atoms with Gasteiger partial charge in [-0.25, -0.2) is 0 Å². The summed E-state index contributed by atoms with van der Waals surface area (Å²) in [4.78, 5) is 12.0. The van der Waals surface area contributed by atoms with Crippen LogP contribution in [0.3, 0.4) is 0 Å². The number of para-hydroxylation sites is 8. The van der Waals surface area contributed by atoms with Crippen molar-refractivity contribution in [1.82, 2.24) is 0 Å². The number of hydrogen-bond donors (Lipinski definition) is 0. The van der Waals surface area contributed by atoms with Crippen LogP contribution in [0.5, 0.6) is 11.5 Å². The highest BCUT2D eigenvalue weighted by molar-refractivity contribution is 5.91. The zero-order chi connectivity index (χ0) is 50.2.